The maximum atomic E-state index is 11.9. The second-order valence-electron chi connectivity index (χ2n) is 7.22. The first-order valence-corrected chi connectivity index (χ1v) is 9.90. The second-order valence-corrected chi connectivity index (χ2v) is 7.22. The van der Waals surface area contributed by atoms with Crippen LogP contribution in [0.1, 0.15) is 52.4 Å². The molecule has 2 fully saturated rings. The maximum absolute atomic E-state index is 11.9. The van der Waals surface area contributed by atoms with Gasteiger partial charge in [-0.1, -0.05) is 26.0 Å². The van der Waals surface area contributed by atoms with Crippen LogP contribution in [0.5, 0.6) is 0 Å². The Labute approximate surface area is 161 Å². The van der Waals surface area contributed by atoms with Gasteiger partial charge in [0.25, 0.3) is 0 Å². The van der Waals surface area contributed by atoms with Gasteiger partial charge in [0, 0.05) is 30.8 Å². The van der Waals surface area contributed by atoms with Crippen molar-refractivity contribution in [1.82, 2.24) is 0 Å². The highest BCUT2D eigenvalue weighted by Crippen LogP contribution is 2.54. The van der Waals surface area contributed by atoms with Crippen LogP contribution in [0.2, 0.25) is 0 Å². The number of carbonyl (C=O) groups excluding carboxylic acids is 2. The van der Waals surface area contributed by atoms with Crippen molar-refractivity contribution in [2.75, 3.05) is 13.2 Å². The topological polar surface area (TPSA) is 71.1 Å². The molecule has 6 nitrogen and oxygen atoms in total. The van der Waals surface area contributed by atoms with Crippen molar-refractivity contribution in [3.05, 3.63) is 25.3 Å². The minimum absolute atomic E-state index is 0.256. The van der Waals surface area contributed by atoms with E-state index in [1.165, 1.54) is 0 Å². The molecular formula is C21H32O6. The molecule has 0 aromatic heterocycles. The maximum Gasteiger partial charge on any atom is 0.330 e. The molecule has 152 valence electrons. The summed E-state index contributed by atoms with van der Waals surface area (Å²) in [6.45, 7) is 11.9. The summed E-state index contributed by atoms with van der Waals surface area (Å²) >= 11 is 0. The fourth-order valence-corrected chi connectivity index (χ4v) is 4.62. The third-order valence-corrected chi connectivity index (χ3v) is 5.74. The minimum atomic E-state index is -0.558. The molecule has 2 aliphatic carbocycles. The summed E-state index contributed by atoms with van der Waals surface area (Å²) in [7, 11) is 0. The lowest BCUT2D eigenvalue weighted by atomic mass is 9.57. The molecule has 0 heterocycles. The van der Waals surface area contributed by atoms with Gasteiger partial charge in [-0.25, -0.2) is 9.59 Å². The lowest BCUT2D eigenvalue weighted by Crippen LogP contribution is -2.56. The first kappa shape index (κ1) is 21.6. The van der Waals surface area contributed by atoms with Gasteiger partial charge in [0.05, 0.1) is 0 Å². The van der Waals surface area contributed by atoms with Crippen LogP contribution in [0.3, 0.4) is 0 Å². The van der Waals surface area contributed by atoms with Crippen molar-refractivity contribution in [3.63, 3.8) is 0 Å². The van der Waals surface area contributed by atoms with E-state index in [-0.39, 0.29) is 17.6 Å². The number of esters is 2. The van der Waals surface area contributed by atoms with Crippen molar-refractivity contribution in [3.8, 4) is 0 Å². The molecular weight excluding hydrogens is 348 g/mol. The van der Waals surface area contributed by atoms with Crippen LogP contribution in [0.4, 0.5) is 0 Å². The Morgan fingerprint density at radius 1 is 1.04 bits per heavy atom. The van der Waals surface area contributed by atoms with E-state index in [2.05, 4.69) is 13.2 Å². The molecule has 6 heteroatoms. The van der Waals surface area contributed by atoms with E-state index in [4.69, 9.17) is 18.9 Å². The quantitative estimate of drug-likeness (QED) is 0.346. The molecule has 0 bridgehead atoms. The van der Waals surface area contributed by atoms with Crippen molar-refractivity contribution in [2.24, 2.45) is 11.3 Å². The molecule has 0 spiro atoms. The predicted molar refractivity (Wildman–Crippen MR) is 101 cm³/mol. The standard InChI is InChI=1S/C21H32O6/c1-5-18(22)26-16-13-15-11-9-10-12-21(15,20(24-7-3)25-8-4)14-17(16)27-19(23)6-2/h5-6,15-17,20H,1-2,7-14H2,3-4H3. The zero-order chi connectivity index (χ0) is 19.9. The van der Waals surface area contributed by atoms with E-state index in [1.807, 2.05) is 13.8 Å². The van der Waals surface area contributed by atoms with E-state index in [1.54, 1.807) is 0 Å². The van der Waals surface area contributed by atoms with Gasteiger partial charge in [-0.3, -0.25) is 0 Å². The fourth-order valence-electron chi connectivity index (χ4n) is 4.62. The lowest BCUT2D eigenvalue weighted by molar-refractivity contribution is -0.257. The third-order valence-electron chi connectivity index (χ3n) is 5.74. The Balaban J connectivity index is 2.33. The Kier molecular flexibility index (Phi) is 8.05. The average molecular weight is 380 g/mol. The Morgan fingerprint density at radius 2 is 1.63 bits per heavy atom. The monoisotopic (exact) mass is 380 g/mol. The molecule has 27 heavy (non-hydrogen) atoms. The zero-order valence-corrected chi connectivity index (χ0v) is 16.5. The average Bonchev–Trinajstić information content (AvgIpc) is 2.67. The van der Waals surface area contributed by atoms with Crippen LogP contribution in [-0.2, 0) is 28.5 Å². The van der Waals surface area contributed by atoms with Crippen LogP contribution >= 0.6 is 0 Å². The highest BCUT2D eigenvalue weighted by atomic mass is 16.7. The molecule has 4 atom stereocenters. The normalized spacial score (nSPS) is 30.3. The van der Waals surface area contributed by atoms with Gasteiger partial charge >= 0.3 is 11.9 Å². The smallest absolute Gasteiger partial charge is 0.330 e. The SMILES string of the molecule is C=CC(=O)OC1CC2CCCCC2(C(OCC)OCC)CC1OC(=O)C=C. The van der Waals surface area contributed by atoms with Crippen LogP contribution in [0.25, 0.3) is 0 Å². The van der Waals surface area contributed by atoms with Crippen LogP contribution in [0.15, 0.2) is 25.3 Å². The molecule has 0 aromatic rings. The van der Waals surface area contributed by atoms with Crippen LogP contribution in [-0.4, -0.2) is 43.7 Å². The summed E-state index contributed by atoms with van der Waals surface area (Å²) in [5.41, 5.74) is -0.256. The summed E-state index contributed by atoms with van der Waals surface area (Å²) in [5, 5.41) is 0. The first-order chi connectivity index (χ1) is 13.0. The summed E-state index contributed by atoms with van der Waals surface area (Å²) < 4.78 is 23.1. The molecule has 2 rings (SSSR count). The second kappa shape index (κ2) is 10.0. The van der Waals surface area contributed by atoms with Crippen LogP contribution in [0, 0.1) is 11.3 Å². The highest BCUT2D eigenvalue weighted by Gasteiger charge is 2.55. The predicted octanol–water partition coefficient (Wildman–Crippen LogP) is 3.55. The van der Waals surface area contributed by atoms with Gasteiger partial charge < -0.3 is 18.9 Å². The van der Waals surface area contributed by atoms with Gasteiger partial charge in [0.15, 0.2) is 6.29 Å². The number of hydrogen-bond acceptors (Lipinski definition) is 6. The summed E-state index contributed by atoms with van der Waals surface area (Å²) in [6, 6.07) is 0. The molecule has 0 aromatic carbocycles. The molecule has 2 saturated carbocycles. The molecule has 0 amide bonds. The lowest BCUT2D eigenvalue weighted by Gasteiger charge is -2.54. The molecule has 2 aliphatic rings. The molecule has 0 saturated heterocycles. The Morgan fingerprint density at radius 3 is 2.19 bits per heavy atom. The minimum Gasteiger partial charge on any atom is -0.455 e. The first-order valence-electron chi connectivity index (χ1n) is 9.90. The Hall–Kier alpha value is -1.66. The summed E-state index contributed by atoms with van der Waals surface area (Å²) in [4.78, 5) is 23.7. The van der Waals surface area contributed by atoms with E-state index in [0.717, 1.165) is 37.8 Å². The Bertz CT molecular complexity index is 539. The van der Waals surface area contributed by atoms with Crippen molar-refractivity contribution in [1.29, 1.82) is 0 Å². The van der Waals surface area contributed by atoms with Gasteiger partial charge in [0.1, 0.15) is 12.2 Å². The largest absolute Gasteiger partial charge is 0.455 e. The summed E-state index contributed by atoms with van der Waals surface area (Å²) in [5.74, 6) is -0.752. The van der Waals surface area contributed by atoms with Crippen molar-refractivity contribution in [2.45, 2.75) is 70.9 Å². The number of rotatable bonds is 9. The fraction of sp³-hybridized carbons (Fsp3) is 0.714. The van der Waals surface area contributed by atoms with Crippen LogP contribution < -0.4 is 0 Å². The van der Waals surface area contributed by atoms with E-state index in [0.29, 0.717) is 26.1 Å². The van der Waals surface area contributed by atoms with Gasteiger partial charge in [-0.15, -0.1) is 0 Å². The van der Waals surface area contributed by atoms with E-state index in [9.17, 15) is 9.59 Å². The van der Waals surface area contributed by atoms with Crippen molar-refractivity contribution < 1.29 is 28.5 Å². The van der Waals surface area contributed by atoms with Gasteiger partial charge in [-0.05, 0) is 45.4 Å². The number of ether oxygens (including phenoxy) is 4. The highest BCUT2D eigenvalue weighted by molar-refractivity contribution is 5.82. The molecule has 0 radical (unpaired) electrons. The molecule has 4 unspecified atom stereocenters. The molecule has 0 N–H and O–H groups in total. The number of carbonyl (C=O) groups is 2. The zero-order valence-electron chi connectivity index (χ0n) is 16.5. The molecule has 0 aliphatic heterocycles. The number of fused-ring (bicyclic) bond motifs is 1. The van der Waals surface area contributed by atoms with E-state index < -0.39 is 24.1 Å². The van der Waals surface area contributed by atoms with E-state index >= 15 is 0 Å². The third kappa shape index (κ3) is 4.99. The number of hydrogen-bond donors (Lipinski definition) is 0. The summed E-state index contributed by atoms with van der Waals surface area (Å²) in [6.07, 6.45) is 6.15. The van der Waals surface area contributed by atoms with Crippen molar-refractivity contribution >= 4 is 11.9 Å². The van der Waals surface area contributed by atoms with Gasteiger partial charge in [0.2, 0.25) is 0 Å². The van der Waals surface area contributed by atoms with Gasteiger partial charge in [-0.2, -0.15) is 0 Å².